The maximum absolute atomic E-state index is 12.1. The number of hydrogen-bond donors (Lipinski definition) is 2. The Hall–Kier alpha value is -2.04. The number of nitrogen functional groups attached to an aromatic ring is 1. The molecule has 1 rings (SSSR count). The van der Waals surface area contributed by atoms with Gasteiger partial charge in [-0.15, -0.1) is 0 Å². The lowest BCUT2D eigenvalue weighted by Gasteiger charge is -2.17. The van der Waals surface area contributed by atoms with Crippen LogP contribution in [0.25, 0.3) is 0 Å². The average Bonchev–Trinajstić information content (AvgIpc) is 2.38. The van der Waals surface area contributed by atoms with E-state index in [9.17, 15) is 9.59 Å². The molecule has 0 aliphatic rings. The van der Waals surface area contributed by atoms with Crippen molar-refractivity contribution in [1.29, 1.82) is 0 Å². The van der Waals surface area contributed by atoms with Gasteiger partial charge in [-0.1, -0.05) is 6.92 Å². The third-order valence-corrected chi connectivity index (χ3v) is 2.82. The normalized spacial score (nSPS) is 10.1. The summed E-state index contributed by atoms with van der Waals surface area (Å²) in [5.74, 6) is -0.334. The fourth-order valence-electron chi connectivity index (χ4n) is 1.64. The van der Waals surface area contributed by atoms with Crippen molar-refractivity contribution < 1.29 is 9.59 Å². The predicted octanol–water partition coefficient (Wildman–Crippen LogP) is 1.18. The third-order valence-electron chi connectivity index (χ3n) is 2.82. The fourth-order valence-corrected chi connectivity index (χ4v) is 1.64. The van der Waals surface area contributed by atoms with Gasteiger partial charge in [0, 0.05) is 24.8 Å². The number of hydrogen-bond acceptors (Lipinski definition) is 3. The Balaban J connectivity index is 2.66. The van der Waals surface area contributed by atoms with Crippen molar-refractivity contribution in [3.05, 3.63) is 29.3 Å². The Bertz CT molecular complexity index is 472. The molecule has 1 aromatic rings. The van der Waals surface area contributed by atoms with Gasteiger partial charge in [0.15, 0.2) is 0 Å². The van der Waals surface area contributed by atoms with Crippen molar-refractivity contribution in [1.82, 2.24) is 10.2 Å². The quantitative estimate of drug-likeness (QED) is 0.783. The van der Waals surface area contributed by atoms with Crippen molar-refractivity contribution in [3.63, 3.8) is 0 Å². The minimum absolute atomic E-state index is 0.0578. The average molecular weight is 263 g/mol. The van der Waals surface area contributed by atoms with Crippen molar-refractivity contribution in [3.8, 4) is 0 Å². The molecule has 2 amide bonds. The molecule has 19 heavy (non-hydrogen) atoms. The summed E-state index contributed by atoms with van der Waals surface area (Å²) in [7, 11) is 1.61. The Morgan fingerprint density at radius 1 is 1.37 bits per heavy atom. The van der Waals surface area contributed by atoms with E-state index >= 15 is 0 Å². The molecule has 1 aromatic carbocycles. The maximum atomic E-state index is 12.1. The molecule has 5 heteroatoms. The molecule has 0 fully saturated rings. The van der Waals surface area contributed by atoms with Crippen LogP contribution in [0.5, 0.6) is 0 Å². The van der Waals surface area contributed by atoms with E-state index < -0.39 is 0 Å². The highest BCUT2D eigenvalue weighted by molar-refractivity contribution is 5.96. The second-order valence-electron chi connectivity index (χ2n) is 4.58. The van der Waals surface area contributed by atoms with Gasteiger partial charge >= 0.3 is 0 Å². The number of benzene rings is 1. The predicted molar refractivity (Wildman–Crippen MR) is 75.9 cm³/mol. The standard InChI is InChI=1S/C14H21N3O2/c1-4-7-16-13(18)9-17(3)14(19)11-5-6-12(15)10(2)8-11/h5-6,8H,4,7,9,15H2,1-3H3,(H,16,18). The molecule has 0 saturated heterocycles. The van der Waals surface area contributed by atoms with Crippen LogP contribution >= 0.6 is 0 Å². The van der Waals surface area contributed by atoms with E-state index in [1.54, 1.807) is 25.2 Å². The lowest BCUT2D eigenvalue weighted by atomic mass is 10.1. The van der Waals surface area contributed by atoms with Gasteiger partial charge in [-0.25, -0.2) is 0 Å². The number of aryl methyl sites for hydroxylation is 1. The Morgan fingerprint density at radius 2 is 2.05 bits per heavy atom. The number of anilines is 1. The number of rotatable bonds is 5. The first-order chi connectivity index (χ1) is 8.95. The van der Waals surface area contributed by atoms with Gasteiger partial charge in [0.2, 0.25) is 5.91 Å². The zero-order valence-corrected chi connectivity index (χ0v) is 11.7. The number of nitrogens with two attached hydrogens (primary N) is 1. The van der Waals surface area contributed by atoms with Gasteiger partial charge in [-0.05, 0) is 37.1 Å². The summed E-state index contributed by atoms with van der Waals surface area (Å²) < 4.78 is 0. The van der Waals surface area contributed by atoms with E-state index in [1.165, 1.54) is 4.90 Å². The van der Waals surface area contributed by atoms with Crippen LogP contribution in [0.4, 0.5) is 5.69 Å². The second kappa shape index (κ2) is 6.78. The molecule has 104 valence electrons. The molecule has 5 nitrogen and oxygen atoms in total. The summed E-state index contributed by atoms with van der Waals surface area (Å²) in [5, 5.41) is 2.74. The fraction of sp³-hybridized carbons (Fsp3) is 0.429. The van der Waals surface area contributed by atoms with E-state index in [1.807, 2.05) is 13.8 Å². The van der Waals surface area contributed by atoms with Crippen LogP contribution in [0.2, 0.25) is 0 Å². The van der Waals surface area contributed by atoms with Crippen LogP contribution in [-0.2, 0) is 4.79 Å². The van der Waals surface area contributed by atoms with Gasteiger partial charge in [-0.2, -0.15) is 0 Å². The second-order valence-corrected chi connectivity index (χ2v) is 4.58. The lowest BCUT2D eigenvalue weighted by Crippen LogP contribution is -2.38. The number of carbonyl (C=O) groups excluding carboxylic acids is 2. The van der Waals surface area contributed by atoms with Gasteiger partial charge in [0.25, 0.3) is 5.91 Å². The zero-order chi connectivity index (χ0) is 14.4. The molecule has 0 radical (unpaired) electrons. The maximum Gasteiger partial charge on any atom is 0.254 e. The van der Waals surface area contributed by atoms with Crippen molar-refractivity contribution in [2.75, 3.05) is 25.9 Å². The summed E-state index contributed by atoms with van der Waals surface area (Å²) in [6.07, 6.45) is 0.876. The highest BCUT2D eigenvalue weighted by Crippen LogP contribution is 2.13. The monoisotopic (exact) mass is 263 g/mol. The summed E-state index contributed by atoms with van der Waals surface area (Å²) in [6.45, 7) is 4.51. The number of amides is 2. The number of likely N-dealkylation sites (N-methyl/N-ethyl adjacent to an activating group) is 1. The molecule has 3 N–H and O–H groups in total. The summed E-state index contributed by atoms with van der Waals surface area (Å²) >= 11 is 0. The first-order valence-corrected chi connectivity index (χ1v) is 6.34. The highest BCUT2D eigenvalue weighted by Gasteiger charge is 2.15. The number of nitrogens with one attached hydrogen (secondary N) is 1. The lowest BCUT2D eigenvalue weighted by molar-refractivity contribution is -0.121. The molecule has 0 aliphatic carbocycles. The molecule has 0 spiro atoms. The molecule has 0 bridgehead atoms. The van der Waals surface area contributed by atoms with Gasteiger partial charge in [-0.3, -0.25) is 9.59 Å². The zero-order valence-electron chi connectivity index (χ0n) is 11.7. The van der Waals surface area contributed by atoms with Crippen LogP contribution in [0.1, 0.15) is 29.3 Å². The van der Waals surface area contributed by atoms with Crippen LogP contribution in [0.15, 0.2) is 18.2 Å². The SMILES string of the molecule is CCCNC(=O)CN(C)C(=O)c1ccc(N)c(C)c1. The van der Waals surface area contributed by atoms with E-state index in [0.717, 1.165) is 12.0 Å². The molecule has 0 heterocycles. The molecule has 0 aromatic heterocycles. The minimum Gasteiger partial charge on any atom is -0.399 e. The van der Waals surface area contributed by atoms with Crippen molar-refractivity contribution >= 4 is 17.5 Å². The van der Waals surface area contributed by atoms with Crippen LogP contribution in [-0.4, -0.2) is 36.9 Å². The smallest absolute Gasteiger partial charge is 0.254 e. The molecular weight excluding hydrogens is 242 g/mol. The topological polar surface area (TPSA) is 75.4 Å². The van der Waals surface area contributed by atoms with E-state index in [-0.39, 0.29) is 18.4 Å². The van der Waals surface area contributed by atoms with E-state index in [4.69, 9.17) is 5.73 Å². The third kappa shape index (κ3) is 4.28. The minimum atomic E-state index is -0.185. The van der Waals surface area contributed by atoms with E-state index in [2.05, 4.69) is 5.32 Å². The Morgan fingerprint density at radius 3 is 2.63 bits per heavy atom. The van der Waals surface area contributed by atoms with Crippen LogP contribution in [0.3, 0.4) is 0 Å². The highest BCUT2D eigenvalue weighted by atomic mass is 16.2. The number of carbonyl (C=O) groups is 2. The van der Waals surface area contributed by atoms with Crippen molar-refractivity contribution in [2.45, 2.75) is 20.3 Å². The van der Waals surface area contributed by atoms with Crippen LogP contribution in [0, 0.1) is 6.92 Å². The number of nitrogens with zero attached hydrogens (tertiary/aromatic N) is 1. The summed E-state index contributed by atoms with van der Waals surface area (Å²) in [5.41, 5.74) is 7.76. The van der Waals surface area contributed by atoms with Gasteiger partial charge < -0.3 is 16.0 Å². The first kappa shape index (κ1) is 15.0. The summed E-state index contributed by atoms with van der Waals surface area (Å²) in [4.78, 5) is 25.1. The molecular formula is C14H21N3O2. The van der Waals surface area contributed by atoms with Crippen LogP contribution < -0.4 is 11.1 Å². The molecule has 0 saturated carbocycles. The van der Waals surface area contributed by atoms with Crippen molar-refractivity contribution in [2.24, 2.45) is 0 Å². The van der Waals surface area contributed by atoms with Gasteiger partial charge in [0.1, 0.15) is 0 Å². The largest absolute Gasteiger partial charge is 0.399 e. The molecule has 0 atom stereocenters. The van der Waals surface area contributed by atoms with E-state index in [0.29, 0.717) is 17.8 Å². The Kier molecular flexibility index (Phi) is 5.36. The van der Waals surface area contributed by atoms with Gasteiger partial charge in [0.05, 0.1) is 6.54 Å². The molecule has 0 aliphatic heterocycles. The first-order valence-electron chi connectivity index (χ1n) is 6.34. The Labute approximate surface area is 113 Å². The molecule has 0 unspecified atom stereocenters. The summed E-state index contributed by atoms with van der Waals surface area (Å²) in [6, 6.07) is 5.11.